The van der Waals surface area contributed by atoms with Crippen LogP contribution in [0.4, 0.5) is 13.2 Å². The fraction of sp³-hybridized carbons (Fsp3) is 0.364. The zero-order chi connectivity index (χ0) is 16.7. The third-order valence-corrected chi connectivity index (χ3v) is 4.39. The Kier molecular flexibility index (Phi) is 4.51. The summed E-state index contributed by atoms with van der Waals surface area (Å²) in [6.45, 7) is -0.324. The zero-order valence-corrected chi connectivity index (χ0v) is 12.9. The monoisotopic (exact) mass is 377 g/mol. The van der Waals surface area contributed by atoms with Gasteiger partial charge in [0.25, 0.3) is 9.05 Å². The first kappa shape index (κ1) is 17.2. The summed E-state index contributed by atoms with van der Waals surface area (Å²) in [5.41, 5.74) is 0.241. The minimum Gasteiger partial charge on any atom is -0.490 e. The fourth-order valence-corrected chi connectivity index (χ4v) is 3.32. The number of amides is 1. The van der Waals surface area contributed by atoms with Crippen LogP contribution in [0.3, 0.4) is 0 Å². The quantitative estimate of drug-likeness (QED) is 0.802. The summed E-state index contributed by atoms with van der Waals surface area (Å²) in [5.74, 6) is -2.17. The van der Waals surface area contributed by atoms with Gasteiger partial charge in [0, 0.05) is 15.7 Å². The van der Waals surface area contributed by atoms with Gasteiger partial charge in [-0.15, -0.1) is 0 Å². The highest BCUT2D eigenvalue weighted by Gasteiger charge is 2.40. The topological polar surface area (TPSA) is 72.5 Å². The molecular weight excluding hydrogens is 370 g/mol. The third-order valence-electron chi connectivity index (χ3n) is 2.85. The van der Waals surface area contributed by atoms with Gasteiger partial charge in [0.15, 0.2) is 0 Å². The molecule has 0 bridgehead atoms. The summed E-state index contributed by atoms with van der Waals surface area (Å²) in [6.07, 6.45) is -5.09. The number of carbonyl (C=O) groups is 1. The smallest absolute Gasteiger partial charge is 0.471 e. The van der Waals surface area contributed by atoms with E-state index in [0.717, 1.165) is 6.07 Å². The maximum Gasteiger partial charge on any atom is 0.471 e. The van der Waals surface area contributed by atoms with Crippen LogP contribution in [0.25, 0.3) is 0 Å². The van der Waals surface area contributed by atoms with Gasteiger partial charge < -0.3 is 10.1 Å². The number of benzene rings is 1. The van der Waals surface area contributed by atoms with Gasteiger partial charge in [-0.1, -0.05) is 11.6 Å². The van der Waals surface area contributed by atoms with Crippen LogP contribution >= 0.6 is 22.3 Å². The largest absolute Gasteiger partial charge is 0.490 e. The van der Waals surface area contributed by atoms with Gasteiger partial charge in [-0.25, -0.2) is 8.42 Å². The first-order chi connectivity index (χ1) is 9.98. The zero-order valence-electron chi connectivity index (χ0n) is 10.6. The van der Waals surface area contributed by atoms with Crippen molar-refractivity contribution < 1.29 is 31.1 Å². The molecule has 1 atom stereocenters. The molecule has 1 N–H and O–H groups in total. The summed E-state index contributed by atoms with van der Waals surface area (Å²) in [7, 11) is 1.13. The molecule has 1 aliphatic rings. The molecule has 22 heavy (non-hydrogen) atoms. The number of halogens is 5. The van der Waals surface area contributed by atoms with Crippen LogP contribution in [0.15, 0.2) is 17.0 Å². The molecule has 0 saturated carbocycles. The van der Waals surface area contributed by atoms with E-state index in [1.165, 1.54) is 6.07 Å². The Labute approximate surface area is 132 Å². The molecule has 122 valence electrons. The Morgan fingerprint density at radius 3 is 2.55 bits per heavy atom. The highest BCUT2D eigenvalue weighted by atomic mass is 35.7. The van der Waals surface area contributed by atoms with E-state index in [0.29, 0.717) is 0 Å². The summed E-state index contributed by atoms with van der Waals surface area (Å²) in [6, 6.07) is 1.46. The molecule has 2 rings (SSSR count). The molecule has 0 saturated heterocycles. The lowest BCUT2D eigenvalue weighted by atomic mass is 10.0. The number of hydrogen-bond acceptors (Lipinski definition) is 4. The highest BCUT2D eigenvalue weighted by molar-refractivity contribution is 8.13. The molecule has 0 fully saturated rings. The van der Waals surface area contributed by atoms with E-state index in [9.17, 15) is 26.4 Å². The Hall–Kier alpha value is -1.19. The molecule has 0 aliphatic carbocycles. The molecule has 11 heteroatoms. The van der Waals surface area contributed by atoms with Gasteiger partial charge in [-0.05, 0) is 24.1 Å². The minimum atomic E-state index is -5.01. The van der Waals surface area contributed by atoms with E-state index in [1.807, 2.05) is 0 Å². The van der Waals surface area contributed by atoms with Crippen LogP contribution in [-0.2, 0) is 20.3 Å². The van der Waals surface area contributed by atoms with Crippen LogP contribution < -0.4 is 10.1 Å². The lowest BCUT2D eigenvalue weighted by Crippen LogP contribution is -2.48. The molecule has 1 heterocycles. The van der Waals surface area contributed by atoms with Gasteiger partial charge in [0.2, 0.25) is 0 Å². The number of alkyl halides is 3. The molecule has 1 aromatic rings. The summed E-state index contributed by atoms with van der Waals surface area (Å²) in [4.78, 5) is 10.5. The number of fused-ring (bicyclic) bond motifs is 1. The third kappa shape index (κ3) is 3.76. The van der Waals surface area contributed by atoms with Crippen molar-refractivity contribution in [1.29, 1.82) is 0 Å². The molecule has 1 aromatic carbocycles. The Bertz CT molecular complexity index is 721. The summed E-state index contributed by atoms with van der Waals surface area (Å²) in [5, 5.41) is 1.79. The van der Waals surface area contributed by atoms with E-state index in [4.69, 9.17) is 27.0 Å². The molecule has 0 spiro atoms. The van der Waals surface area contributed by atoms with Crippen LogP contribution in [0.2, 0.25) is 5.02 Å². The molecule has 0 aromatic heterocycles. The van der Waals surface area contributed by atoms with Crippen LogP contribution in [0.5, 0.6) is 5.75 Å². The van der Waals surface area contributed by atoms with E-state index < -0.39 is 27.2 Å². The van der Waals surface area contributed by atoms with Crippen molar-refractivity contribution in [2.24, 2.45) is 0 Å². The van der Waals surface area contributed by atoms with Gasteiger partial charge in [0.1, 0.15) is 17.3 Å². The molecule has 5 nitrogen and oxygen atoms in total. The predicted octanol–water partition coefficient (Wildman–Crippen LogP) is 2.25. The number of carbonyl (C=O) groups excluding carboxylic acids is 1. The second kappa shape index (κ2) is 5.78. The normalized spacial score (nSPS) is 18.3. The van der Waals surface area contributed by atoms with E-state index in [-0.39, 0.29) is 34.3 Å². The van der Waals surface area contributed by atoms with Crippen molar-refractivity contribution in [2.45, 2.75) is 23.5 Å². The fourth-order valence-electron chi connectivity index (χ4n) is 1.99. The highest BCUT2D eigenvalue weighted by Crippen LogP contribution is 2.36. The minimum absolute atomic E-state index is 0.0318. The van der Waals surface area contributed by atoms with E-state index in [1.54, 1.807) is 5.32 Å². The van der Waals surface area contributed by atoms with E-state index >= 15 is 0 Å². The lowest BCUT2D eigenvalue weighted by Gasteiger charge is -2.27. The van der Waals surface area contributed by atoms with Crippen LogP contribution in [0, 0.1) is 0 Å². The first-order valence-corrected chi connectivity index (χ1v) is 8.45. The van der Waals surface area contributed by atoms with Gasteiger partial charge >= 0.3 is 12.1 Å². The van der Waals surface area contributed by atoms with Gasteiger partial charge in [-0.2, -0.15) is 13.2 Å². The maximum absolute atomic E-state index is 12.2. The number of nitrogens with one attached hydrogen (secondary N) is 1. The van der Waals surface area contributed by atoms with Crippen LogP contribution in [0.1, 0.15) is 5.56 Å². The number of rotatable bonds is 2. The molecule has 1 amide bonds. The Morgan fingerprint density at radius 1 is 1.36 bits per heavy atom. The maximum atomic E-state index is 12.2. The lowest BCUT2D eigenvalue weighted by molar-refractivity contribution is -0.174. The van der Waals surface area contributed by atoms with Crippen molar-refractivity contribution in [1.82, 2.24) is 5.32 Å². The van der Waals surface area contributed by atoms with Crippen molar-refractivity contribution in [3.05, 3.63) is 22.7 Å². The molecule has 0 unspecified atom stereocenters. The number of hydrogen-bond donors (Lipinski definition) is 1. The Morgan fingerprint density at radius 2 is 2.00 bits per heavy atom. The SMILES string of the molecule is O=C(N[C@H]1COc2c(cc(Cl)cc2S(=O)(=O)Cl)C1)C(F)(F)F. The van der Waals surface area contributed by atoms with Gasteiger partial charge in [-0.3, -0.25) is 4.79 Å². The Balaban J connectivity index is 2.29. The van der Waals surface area contributed by atoms with Crippen molar-refractivity contribution in [3.8, 4) is 5.75 Å². The second-order valence-electron chi connectivity index (χ2n) is 4.51. The summed E-state index contributed by atoms with van der Waals surface area (Å²) < 4.78 is 64.7. The molecule has 1 aliphatic heterocycles. The van der Waals surface area contributed by atoms with Crippen LogP contribution in [-0.4, -0.2) is 33.1 Å². The average Bonchev–Trinajstić information content (AvgIpc) is 2.35. The van der Waals surface area contributed by atoms with Crippen molar-refractivity contribution in [3.63, 3.8) is 0 Å². The molecular formula is C11H8Cl2F3NO4S. The average molecular weight is 378 g/mol. The molecule has 0 radical (unpaired) electrons. The number of ether oxygens (including phenoxy) is 1. The van der Waals surface area contributed by atoms with E-state index in [2.05, 4.69) is 0 Å². The van der Waals surface area contributed by atoms with Gasteiger partial charge in [0.05, 0.1) is 6.04 Å². The predicted molar refractivity (Wildman–Crippen MR) is 71.7 cm³/mol. The summed E-state index contributed by atoms with van der Waals surface area (Å²) >= 11 is 5.77. The van der Waals surface area contributed by atoms with Crippen molar-refractivity contribution >= 4 is 37.2 Å². The van der Waals surface area contributed by atoms with Crippen molar-refractivity contribution in [2.75, 3.05) is 6.61 Å². The second-order valence-corrected chi connectivity index (χ2v) is 7.48. The first-order valence-electron chi connectivity index (χ1n) is 5.76. The standard InChI is InChI=1S/C11H8Cl2F3NO4S/c12-6-1-5-2-7(17-10(18)11(14,15)16)4-21-9(5)8(3-6)22(13,19)20/h1,3,7H,2,4H2,(H,17,18)/t7-/m1/s1.